The predicted octanol–water partition coefficient (Wildman–Crippen LogP) is 3.11. The molecule has 4 nitrogen and oxygen atoms in total. The maximum Gasteiger partial charge on any atom is 0.128 e. The second kappa shape index (κ2) is 10.4. The van der Waals surface area contributed by atoms with Crippen molar-refractivity contribution in [2.24, 2.45) is 5.73 Å². The molecular formula is C20H29ClN4. The highest BCUT2D eigenvalue weighted by Crippen LogP contribution is 2.18. The zero-order valence-electron chi connectivity index (χ0n) is 14.8. The van der Waals surface area contributed by atoms with Gasteiger partial charge in [0.25, 0.3) is 0 Å². The summed E-state index contributed by atoms with van der Waals surface area (Å²) in [5.41, 5.74) is 8.44. The van der Waals surface area contributed by atoms with Crippen LogP contribution in [0.5, 0.6) is 0 Å². The minimum Gasteiger partial charge on any atom is -0.357 e. The number of aromatic nitrogens is 1. The Balaban J connectivity index is 0.00000225. The van der Waals surface area contributed by atoms with E-state index >= 15 is 0 Å². The summed E-state index contributed by atoms with van der Waals surface area (Å²) in [4.78, 5) is 9.45. The maximum atomic E-state index is 5.79. The highest BCUT2D eigenvalue weighted by Gasteiger charge is 2.13. The zero-order valence-corrected chi connectivity index (χ0v) is 15.6. The van der Waals surface area contributed by atoms with Crippen molar-refractivity contribution in [2.75, 3.05) is 37.6 Å². The van der Waals surface area contributed by atoms with E-state index in [-0.39, 0.29) is 12.4 Å². The average molecular weight is 361 g/mol. The highest BCUT2D eigenvalue weighted by molar-refractivity contribution is 5.85. The van der Waals surface area contributed by atoms with E-state index in [9.17, 15) is 0 Å². The fraction of sp³-hybridized carbons (Fsp3) is 0.450. The van der Waals surface area contributed by atoms with Gasteiger partial charge in [-0.25, -0.2) is 4.98 Å². The van der Waals surface area contributed by atoms with Gasteiger partial charge in [0.2, 0.25) is 0 Å². The quantitative estimate of drug-likeness (QED) is 0.785. The first-order valence-electron chi connectivity index (χ1n) is 9.01. The lowest BCUT2D eigenvalue weighted by molar-refractivity contribution is 0.276. The molecule has 5 heteroatoms. The Labute approximate surface area is 157 Å². The number of hydrogen-bond donors (Lipinski definition) is 1. The topological polar surface area (TPSA) is 45.4 Å². The summed E-state index contributed by atoms with van der Waals surface area (Å²) in [6, 6.07) is 15.0. The highest BCUT2D eigenvalue weighted by atomic mass is 35.5. The fourth-order valence-corrected chi connectivity index (χ4v) is 3.29. The van der Waals surface area contributed by atoms with Gasteiger partial charge in [-0.1, -0.05) is 36.4 Å². The molecule has 0 radical (unpaired) electrons. The van der Waals surface area contributed by atoms with Gasteiger partial charge in [-0.3, -0.25) is 4.90 Å². The summed E-state index contributed by atoms with van der Waals surface area (Å²) in [6.45, 7) is 5.83. The van der Waals surface area contributed by atoms with Gasteiger partial charge >= 0.3 is 0 Å². The molecule has 2 heterocycles. The minimum absolute atomic E-state index is 0. The summed E-state index contributed by atoms with van der Waals surface area (Å²) in [5, 5.41) is 0. The van der Waals surface area contributed by atoms with E-state index < -0.39 is 0 Å². The first-order chi connectivity index (χ1) is 11.8. The van der Waals surface area contributed by atoms with Crippen molar-refractivity contribution in [3.63, 3.8) is 0 Å². The average Bonchev–Trinajstić information content (AvgIpc) is 3.16. The van der Waals surface area contributed by atoms with Crippen molar-refractivity contribution in [3.8, 4) is 0 Å². The van der Waals surface area contributed by atoms with Gasteiger partial charge in [0.05, 0.1) is 0 Å². The molecular weight excluding hydrogens is 332 g/mol. The van der Waals surface area contributed by atoms with Crippen molar-refractivity contribution >= 4 is 18.2 Å². The van der Waals surface area contributed by atoms with E-state index in [1.807, 2.05) is 6.20 Å². The van der Waals surface area contributed by atoms with Crippen molar-refractivity contribution in [1.82, 2.24) is 9.88 Å². The third-order valence-corrected chi connectivity index (χ3v) is 4.65. The molecule has 25 heavy (non-hydrogen) atoms. The Morgan fingerprint density at radius 2 is 1.72 bits per heavy atom. The predicted molar refractivity (Wildman–Crippen MR) is 107 cm³/mol. The second-order valence-corrected chi connectivity index (χ2v) is 6.52. The molecule has 2 aromatic rings. The first kappa shape index (κ1) is 19.7. The molecule has 3 rings (SSSR count). The van der Waals surface area contributed by atoms with Gasteiger partial charge in [0.15, 0.2) is 0 Å². The van der Waals surface area contributed by atoms with Crippen LogP contribution in [-0.2, 0) is 13.0 Å². The molecule has 1 aliphatic rings. The second-order valence-electron chi connectivity index (χ2n) is 6.52. The largest absolute Gasteiger partial charge is 0.357 e. The van der Waals surface area contributed by atoms with Gasteiger partial charge in [-0.2, -0.15) is 0 Å². The molecule has 1 saturated heterocycles. The molecule has 0 amide bonds. The summed E-state index contributed by atoms with van der Waals surface area (Å²) >= 11 is 0. The summed E-state index contributed by atoms with van der Waals surface area (Å²) in [6.07, 6.45) is 5.65. The van der Waals surface area contributed by atoms with E-state index in [0.717, 1.165) is 45.0 Å². The molecule has 0 atom stereocenters. The maximum absolute atomic E-state index is 5.79. The first-order valence-corrected chi connectivity index (χ1v) is 9.01. The number of nitrogens with zero attached hydrogens (tertiary/aromatic N) is 3. The molecule has 1 fully saturated rings. The number of rotatable bonds is 8. The molecule has 1 aromatic carbocycles. The van der Waals surface area contributed by atoms with Crippen LogP contribution in [0.3, 0.4) is 0 Å². The van der Waals surface area contributed by atoms with Crippen LogP contribution in [0.1, 0.15) is 24.0 Å². The Morgan fingerprint density at radius 1 is 0.960 bits per heavy atom. The van der Waals surface area contributed by atoms with Crippen LogP contribution in [-0.4, -0.2) is 42.6 Å². The van der Waals surface area contributed by atoms with E-state index in [1.165, 1.54) is 24.0 Å². The zero-order chi connectivity index (χ0) is 16.6. The summed E-state index contributed by atoms with van der Waals surface area (Å²) in [5.74, 6) is 1.12. The van der Waals surface area contributed by atoms with Crippen molar-refractivity contribution in [3.05, 3.63) is 59.8 Å². The molecule has 0 saturated carbocycles. The lowest BCUT2D eigenvalue weighted by Crippen LogP contribution is -2.31. The number of pyridine rings is 1. The fourth-order valence-electron chi connectivity index (χ4n) is 3.29. The number of nitrogens with two attached hydrogens (primary N) is 1. The normalized spacial score (nSPS) is 13.9. The Hall–Kier alpha value is -1.62. The van der Waals surface area contributed by atoms with Crippen LogP contribution < -0.4 is 10.6 Å². The smallest absolute Gasteiger partial charge is 0.128 e. The number of benzene rings is 1. The summed E-state index contributed by atoms with van der Waals surface area (Å²) < 4.78 is 0. The van der Waals surface area contributed by atoms with Crippen molar-refractivity contribution in [2.45, 2.75) is 25.8 Å². The van der Waals surface area contributed by atoms with E-state index in [0.29, 0.717) is 6.54 Å². The Morgan fingerprint density at radius 3 is 2.36 bits per heavy atom. The van der Waals surface area contributed by atoms with Crippen LogP contribution in [0.4, 0.5) is 5.82 Å². The van der Waals surface area contributed by atoms with E-state index in [1.54, 1.807) is 0 Å². The van der Waals surface area contributed by atoms with Crippen LogP contribution in [0, 0.1) is 0 Å². The van der Waals surface area contributed by atoms with Gasteiger partial charge < -0.3 is 10.6 Å². The van der Waals surface area contributed by atoms with Crippen LogP contribution in [0.25, 0.3) is 0 Å². The SMILES string of the molecule is Cl.NCCN(CCc1ccccc1)Cc1ccc(N2CCCC2)nc1. The Bertz CT molecular complexity index is 597. The van der Waals surface area contributed by atoms with Crippen molar-refractivity contribution in [1.29, 1.82) is 0 Å². The third-order valence-electron chi connectivity index (χ3n) is 4.65. The number of halogens is 1. The molecule has 0 aliphatic carbocycles. The molecule has 0 bridgehead atoms. The Kier molecular flexibility index (Phi) is 8.19. The lowest BCUT2D eigenvalue weighted by atomic mass is 10.1. The van der Waals surface area contributed by atoms with E-state index in [2.05, 4.69) is 57.2 Å². The molecule has 0 unspecified atom stereocenters. The van der Waals surface area contributed by atoms with Gasteiger partial charge in [0.1, 0.15) is 5.82 Å². The van der Waals surface area contributed by atoms with Gasteiger partial charge in [-0.15, -0.1) is 12.4 Å². The standard InChI is InChI=1S/C20H28N4.ClH/c21-11-15-23(14-10-18-6-2-1-3-7-18)17-19-8-9-20(22-16-19)24-12-4-5-13-24;/h1-3,6-9,16H,4-5,10-15,17,21H2;1H. The monoisotopic (exact) mass is 360 g/mol. The molecule has 1 aliphatic heterocycles. The van der Waals surface area contributed by atoms with Crippen LogP contribution >= 0.6 is 12.4 Å². The van der Waals surface area contributed by atoms with Crippen LogP contribution in [0.2, 0.25) is 0 Å². The molecule has 2 N–H and O–H groups in total. The molecule has 0 spiro atoms. The molecule has 1 aromatic heterocycles. The van der Waals surface area contributed by atoms with E-state index in [4.69, 9.17) is 5.73 Å². The number of anilines is 1. The molecule has 136 valence electrons. The third kappa shape index (κ3) is 5.99. The van der Waals surface area contributed by atoms with Gasteiger partial charge in [0, 0.05) is 45.5 Å². The van der Waals surface area contributed by atoms with Crippen molar-refractivity contribution < 1.29 is 0 Å². The van der Waals surface area contributed by atoms with Crippen LogP contribution in [0.15, 0.2) is 48.7 Å². The lowest BCUT2D eigenvalue weighted by Gasteiger charge is -2.22. The van der Waals surface area contributed by atoms with Gasteiger partial charge in [-0.05, 0) is 36.5 Å². The summed E-state index contributed by atoms with van der Waals surface area (Å²) in [7, 11) is 0. The minimum atomic E-state index is 0. The number of hydrogen-bond acceptors (Lipinski definition) is 4.